The maximum atomic E-state index is 12.3. The zero-order valence-electron chi connectivity index (χ0n) is 13.6. The molecule has 130 valence electrons. The fraction of sp³-hybridized carbons (Fsp3) is 0.235. The van der Waals surface area contributed by atoms with Gasteiger partial charge >= 0.3 is 0 Å². The standard InChI is InChI=1S/C17H15Cl2N3O3/c1-10-12(8-20)16(23)22(5-6-25-2)17(24)13(10)9-21-15-7-11(18)3-4-14(15)19/h3-4,7,9,24H,5-6H2,1-2H3. The lowest BCUT2D eigenvalue weighted by Crippen LogP contribution is -2.26. The van der Waals surface area contributed by atoms with E-state index in [0.29, 0.717) is 21.3 Å². The molecule has 6 nitrogen and oxygen atoms in total. The molecule has 2 aromatic rings. The fourth-order valence-electron chi connectivity index (χ4n) is 2.23. The molecule has 1 N–H and O–H groups in total. The van der Waals surface area contributed by atoms with Crippen LogP contribution in [0.1, 0.15) is 16.7 Å². The first kappa shape index (κ1) is 19.0. The molecule has 1 aromatic heterocycles. The number of halogens is 2. The van der Waals surface area contributed by atoms with E-state index in [1.54, 1.807) is 25.1 Å². The van der Waals surface area contributed by atoms with Crippen LogP contribution in [0.2, 0.25) is 10.0 Å². The highest BCUT2D eigenvalue weighted by atomic mass is 35.5. The molecule has 0 bridgehead atoms. The van der Waals surface area contributed by atoms with Crippen LogP contribution < -0.4 is 5.56 Å². The molecule has 1 heterocycles. The van der Waals surface area contributed by atoms with E-state index in [1.165, 1.54) is 13.3 Å². The number of pyridine rings is 1. The quantitative estimate of drug-likeness (QED) is 0.805. The lowest BCUT2D eigenvalue weighted by Gasteiger charge is -2.13. The Hall–Kier alpha value is -2.33. The van der Waals surface area contributed by atoms with Crippen molar-refractivity contribution in [3.63, 3.8) is 0 Å². The molecule has 0 amide bonds. The Morgan fingerprint density at radius 3 is 2.80 bits per heavy atom. The van der Waals surface area contributed by atoms with E-state index < -0.39 is 5.56 Å². The molecule has 1 aromatic carbocycles. The Kier molecular flexibility index (Phi) is 6.21. The van der Waals surface area contributed by atoms with Crippen LogP contribution in [0, 0.1) is 18.3 Å². The van der Waals surface area contributed by atoms with Gasteiger partial charge in [-0.2, -0.15) is 5.26 Å². The van der Waals surface area contributed by atoms with Crippen LogP contribution in [0.4, 0.5) is 5.69 Å². The first-order valence-electron chi connectivity index (χ1n) is 7.25. The number of aliphatic imine (C=N–C) groups is 1. The van der Waals surface area contributed by atoms with E-state index in [-0.39, 0.29) is 30.2 Å². The van der Waals surface area contributed by atoms with Crippen molar-refractivity contribution in [2.75, 3.05) is 13.7 Å². The number of hydrogen-bond acceptors (Lipinski definition) is 5. The van der Waals surface area contributed by atoms with Gasteiger partial charge in [0.2, 0.25) is 5.88 Å². The molecule has 2 rings (SSSR count). The summed E-state index contributed by atoms with van der Waals surface area (Å²) < 4.78 is 6.02. The van der Waals surface area contributed by atoms with Gasteiger partial charge in [0.25, 0.3) is 5.56 Å². The lowest BCUT2D eigenvalue weighted by atomic mass is 10.1. The Morgan fingerprint density at radius 1 is 1.44 bits per heavy atom. The van der Waals surface area contributed by atoms with Gasteiger partial charge in [-0.1, -0.05) is 23.2 Å². The predicted octanol–water partition coefficient (Wildman–Crippen LogP) is 3.44. The van der Waals surface area contributed by atoms with Gasteiger partial charge in [-0.25, -0.2) is 0 Å². The van der Waals surface area contributed by atoms with E-state index in [0.717, 1.165) is 4.57 Å². The monoisotopic (exact) mass is 379 g/mol. The first-order chi connectivity index (χ1) is 11.9. The topological polar surface area (TPSA) is 87.6 Å². The Balaban J connectivity index is 2.60. The van der Waals surface area contributed by atoms with E-state index >= 15 is 0 Å². The van der Waals surface area contributed by atoms with Crippen molar-refractivity contribution in [3.8, 4) is 11.9 Å². The number of aromatic nitrogens is 1. The third-order valence-corrected chi connectivity index (χ3v) is 4.16. The van der Waals surface area contributed by atoms with Crippen LogP contribution in [0.15, 0.2) is 28.0 Å². The lowest BCUT2D eigenvalue weighted by molar-refractivity contribution is 0.182. The Bertz CT molecular complexity index is 930. The van der Waals surface area contributed by atoms with Gasteiger partial charge < -0.3 is 9.84 Å². The summed E-state index contributed by atoms with van der Waals surface area (Å²) in [5.74, 6) is -0.291. The molecule has 8 heteroatoms. The van der Waals surface area contributed by atoms with Gasteiger partial charge in [-0.05, 0) is 30.7 Å². The molecule has 0 saturated carbocycles. The summed E-state index contributed by atoms with van der Waals surface area (Å²) in [6, 6.07) is 6.67. The maximum absolute atomic E-state index is 12.3. The number of rotatable bonds is 5. The molecule has 0 aliphatic carbocycles. The molecule has 0 atom stereocenters. The minimum atomic E-state index is -0.576. The average Bonchev–Trinajstić information content (AvgIpc) is 2.58. The van der Waals surface area contributed by atoms with Crippen LogP contribution in [-0.2, 0) is 11.3 Å². The minimum absolute atomic E-state index is 0.0625. The number of hydrogen-bond donors (Lipinski definition) is 1. The third-order valence-electron chi connectivity index (χ3n) is 3.61. The van der Waals surface area contributed by atoms with Gasteiger partial charge in [0.15, 0.2) is 0 Å². The van der Waals surface area contributed by atoms with Crippen molar-refractivity contribution in [3.05, 3.63) is 55.3 Å². The number of nitriles is 1. The highest BCUT2D eigenvalue weighted by molar-refractivity contribution is 6.35. The number of methoxy groups -OCH3 is 1. The molecular weight excluding hydrogens is 365 g/mol. The van der Waals surface area contributed by atoms with Crippen molar-refractivity contribution >= 4 is 35.1 Å². The smallest absolute Gasteiger partial charge is 0.271 e. The van der Waals surface area contributed by atoms with Crippen LogP contribution in [0.5, 0.6) is 5.88 Å². The Morgan fingerprint density at radius 2 is 2.16 bits per heavy atom. The normalized spacial score (nSPS) is 11.0. The van der Waals surface area contributed by atoms with E-state index in [4.69, 9.17) is 27.9 Å². The second-order valence-electron chi connectivity index (χ2n) is 5.15. The minimum Gasteiger partial charge on any atom is -0.494 e. The number of ether oxygens (including phenoxy) is 1. The van der Waals surface area contributed by atoms with Gasteiger partial charge in [0.1, 0.15) is 11.6 Å². The molecule has 0 radical (unpaired) electrons. The molecule has 25 heavy (non-hydrogen) atoms. The van der Waals surface area contributed by atoms with Gasteiger partial charge in [0.05, 0.1) is 29.4 Å². The average molecular weight is 380 g/mol. The summed E-state index contributed by atoms with van der Waals surface area (Å²) in [6.07, 6.45) is 1.35. The zero-order chi connectivity index (χ0) is 18.6. The van der Waals surface area contributed by atoms with Crippen LogP contribution in [0.25, 0.3) is 0 Å². The van der Waals surface area contributed by atoms with Crippen molar-refractivity contribution in [2.45, 2.75) is 13.5 Å². The maximum Gasteiger partial charge on any atom is 0.271 e. The van der Waals surface area contributed by atoms with Crippen LogP contribution >= 0.6 is 23.2 Å². The van der Waals surface area contributed by atoms with Gasteiger partial charge in [-0.3, -0.25) is 14.4 Å². The molecule has 0 unspecified atom stereocenters. The van der Waals surface area contributed by atoms with Crippen molar-refractivity contribution in [1.29, 1.82) is 5.26 Å². The number of benzene rings is 1. The summed E-state index contributed by atoms with van der Waals surface area (Å²) in [4.78, 5) is 16.5. The van der Waals surface area contributed by atoms with E-state index in [9.17, 15) is 15.2 Å². The summed E-state index contributed by atoms with van der Waals surface area (Å²) in [7, 11) is 1.48. The third kappa shape index (κ3) is 4.02. The first-order valence-corrected chi connectivity index (χ1v) is 8.00. The van der Waals surface area contributed by atoms with Crippen molar-refractivity contribution in [2.24, 2.45) is 4.99 Å². The Labute approximate surface area is 154 Å². The molecule has 0 fully saturated rings. The van der Waals surface area contributed by atoms with E-state index in [2.05, 4.69) is 4.99 Å². The highest BCUT2D eigenvalue weighted by Gasteiger charge is 2.17. The zero-order valence-corrected chi connectivity index (χ0v) is 15.1. The number of nitrogens with zero attached hydrogens (tertiary/aromatic N) is 3. The second kappa shape index (κ2) is 8.17. The van der Waals surface area contributed by atoms with Crippen LogP contribution in [-0.4, -0.2) is 29.6 Å². The summed E-state index contributed by atoms with van der Waals surface area (Å²) >= 11 is 12.0. The van der Waals surface area contributed by atoms with Gasteiger partial charge in [-0.15, -0.1) is 0 Å². The summed E-state index contributed by atoms with van der Waals surface area (Å²) in [5, 5.41) is 20.6. The predicted molar refractivity (Wildman–Crippen MR) is 97.4 cm³/mol. The molecule has 0 aliphatic heterocycles. The van der Waals surface area contributed by atoms with Crippen LogP contribution in [0.3, 0.4) is 0 Å². The number of aromatic hydroxyl groups is 1. The van der Waals surface area contributed by atoms with Gasteiger partial charge in [0, 0.05) is 18.3 Å². The summed E-state index contributed by atoms with van der Waals surface area (Å²) in [5.41, 5.74) is 0.352. The highest BCUT2D eigenvalue weighted by Crippen LogP contribution is 2.29. The molecule has 0 aliphatic rings. The molecule has 0 saturated heterocycles. The van der Waals surface area contributed by atoms with Crippen molar-refractivity contribution < 1.29 is 9.84 Å². The fourth-order valence-corrected chi connectivity index (χ4v) is 2.57. The van der Waals surface area contributed by atoms with E-state index in [1.807, 2.05) is 6.07 Å². The molecule has 0 spiro atoms. The van der Waals surface area contributed by atoms with Crippen molar-refractivity contribution in [1.82, 2.24) is 4.57 Å². The summed E-state index contributed by atoms with van der Waals surface area (Å²) in [6.45, 7) is 1.88. The SMILES string of the molecule is COCCn1c(O)c(C=Nc2cc(Cl)ccc2Cl)c(C)c(C#N)c1=O. The second-order valence-corrected chi connectivity index (χ2v) is 6.00. The molecular formula is C17H15Cl2N3O3. The largest absolute Gasteiger partial charge is 0.494 e.